The minimum absolute atomic E-state index is 0.267. The summed E-state index contributed by atoms with van der Waals surface area (Å²) < 4.78 is 5.00. The van der Waals surface area contributed by atoms with Crippen molar-refractivity contribution < 1.29 is 14.6 Å². The topological polar surface area (TPSA) is 46.5 Å². The first-order valence-corrected chi connectivity index (χ1v) is 5.14. The van der Waals surface area contributed by atoms with Crippen LogP contribution in [0.1, 0.15) is 30.1 Å². The van der Waals surface area contributed by atoms with Gasteiger partial charge in [0.15, 0.2) is 0 Å². The Morgan fingerprint density at radius 2 is 2.07 bits per heavy atom. The summed E-state index contributed by atoms with van der Waals surface area (Å²) in [5, 5.41) is 9.25. The first-order valence-electron chi connectivity index (χ1n) is 5.14. The second-order valence-corrected chi connectivity index (χ2v) is 3.35. The molecular formula is C12H16O3. The van der Waals surface area contributed by atoms with Gasteiger partial charge in [-0.05, 0) is 18.6 Å². The fraction of sp³-hybridized carbons (Fsp3) is 0.417. The van der Waals surface area contributed by atoms with Crippen molar-refractivity contribution in [3.63, 3.8) is 0 Å². The Morgan fingerprint density at radius 1 is 1.40 bits per heavy atom. The lowest BCUT2D eigenvalue weighted by Crippen LogP contribution is -2.12. The van der Waals surface area contributed by atoms with E-state index in [1.165, 1.54) is 0 Å². The number of carbonyl (C=O) groups is 1. The molecule has 0 saturated heterocycles. The summed E-state index contributed by atoms with van der Waals surface area (Å²) in [7, 11) is 0. The third-order valence-corrected chi connectivity index (χ3v) is 2.16. The Kier molecular flexibility index (Phi) is 4.84. The first kappa shape index (κ1) is 11.7. The van der Waals surface area contributed by atoms with E-state index in [9.17, 15) is 9.90 Å². The summed E-state index contributed by atoms with van der Waals surface area (Å²) in [6.45, 7) is 2.16. The molecule has 0 amide bonds. The molecule has 0 aliphatic rings. The van der Waals surface area contributed by atoms with Gasteiger partial charge >= 0.3 is 5.97 Å². The minimum atomic E-state index is -0.381. The average molecular weight is 208 g/mol. The van der Waals surface area contributed by atoms with Gasteiger partial charge in [-0.2, -0.15) is 0 Å². The number of esters is 1. The molecule has 1 N–H and O–H groups in total. The van der Waals surface area contributed by atoms with Gasteiger partial charge < -0.3 is 9.84 Å². The molecule has 3 heteroatoms. The lowest BCUT2D eigenvalue weighted by atomic mass is 10.2. The molecule has 0 unspecified atom stereocenters. The van der Waals surface area contributed by atoms with Gasteiger partial charge in [0.25, 0.3) is 0 Å². The summed E-state index contributed by atoms with van der Waals surface area (Å²) >= 11 is 0. The van der Waals surface area contributed by atoms with E-state index in [2.05, 4.69) is 0 Å². The molecule has 3 nitrogen and oxygen atoms in total. The molecule has 1 aromatic carbocycles. The van der Waals surface area contributed by atoms with Gasteiger partial charge in [0.1, 0.15) is 0 Å². The molecule has 15 heavy (non-hydrogen) atoms. The normalized spacial score (nSPS) is 12.1. The minimum Gasteiger partial charge on any atom is -0.462 e. The predicted molar refractivity (Wildman–Crippen MR) is 57.6 cm³/mol. The Bertz CT molecular complexity index is 295. The Balaban J connectivity index is 2.31. The van der Waals surface area contributed by atoms with Gasteiger partial charge in [-0.15, -0.1) is 0 Å². The SMILES string of the molecule is CC[C@H](O)CCOC(=O)c1ccccc1. The number of ether oxygens (including phenoxy) is 1. The van der Waals surface area contributed by atoms with Gasteiger partial charge in [0.05, 0.1) is 18.3 Å². The molecule has 0 fully saturated rings. The molecule has 0 aromatic heterocycles. The van der Waals surface area contributed by atoms with Gasteiger partial charge in [0.2, 0.25) is 0 Å². The van der Waals surface area contributed by atoms with Gasteiger partial charge in [-0.3, -0.25) is 0 Å². The number of aliphatic hydroxyl groups is 1. The summed E-state index contributed by atoms with van der Waals surface area (Å²) in [4.78, 5) is 11.4. The van der Waals surface area contributed by atoms with Crippen LogP contribution in [0.5, 0.6) is 0 Å². The third-order valence-electron chi connectivity index (χ3n) is 2.16. The maximum atomic E-state index is 11.4. The van der Waals surface area contributed by atoms with Gasteiger partial charge in [0, 0.05) is 6.42 Å². The lowest BCUT2D eigenvalue weighted by molar-refractivity contribution is 0.0428. The summed E-state index contributed by atoms with van der Waals surface area (Å²) in [6.07, 6.45) is 0.798. The number of aliphatic hydroxyl groups excluding tert-OH is 1. The van der Waals surface area contributed by atoms with Crippen LogP contribution >= 0.6 is 0 Å². The molecule has 0 aliphatic heterocycles. The fourth-order valence-electron chi connectivity index (χ4n) is 1.15. The molecule has 0 spiro atoms. The van der Waals surface area contributed by atoms with Crippen molar-refractivity contribution in [3.05, 3.63) is 35.9 Å². The van der Waals surface area contributed by atoms with Crippen LogP contribution in [0.4, 0.5) is 0 Å². The zero-order chi connectivity index (χ0) is 11.1. The predicted octanol–water partition coefficient (Wildman–Crippen LogP) is 2.00. The Morgan fingerprint density at radius 3 is 2.67 bits per heavy atom. The van der Waals surface area contributed by atoms with E-state index in [0.29, 0.717) is 18.4 Å². The summed E-state index contributed by atoms with van der Waals surface area (Å²) in [5.41, 5.74) is 0.545. The lowest BCUT2D eigenvalue weighted by Gasteiger charge is -2.08. The number of hydrogen-bond donors (Lipinski definition) is 1. The molecule has 0 aliphatic carbocycles. The van der Waals surface area contributed by atoms with E-state index >= 15 is 0 Å². The number of rotatable bonds is 5. The molecular weight excluding hydrogens is 192 g/mol. The van der Waals surface area contributed by atoms with Crippen LogP contribution in [0.2, 0.25) is 0 Å². The van der Waals surface area contributed by atoms with Crippen LogP contribution in [0.15, 0.2) is 30.3 Å². The highest BCUT2D eigenvalue weighted by atomic mass is 16.5. The summed E-state index contributed by atoms with van der Waals surface area (Å²) in [5.74, 6) is -0.334. The highest BCUT2D eigenvalue weighted by Gasteiger charge is 2.07. The number of carbonyl (C=O) groups excluding carboxylic acids is 1. The Labute approximate surface area is 89.7 Å². The molecule has 1 aromatic rings. The molecule has 0 heterocycles. The van der Waals surface area contributed by atoms with Crippen molar-refractivity contribution in [2.75, 3.05) is 6.61 Å². The largest absolute Gasteiger partial charge is 0.462 e. The smallest absolute Gasteiger partial charge is 0.338 e. The second kappa shape index (κ2) is 6.19. The first-order chi connectivity index (χ1) is 7.24. The van der Waals surface area contributed by atoms with Crippen molar-refractivity contribution in [2.24, 2.45) is 0 Å². The van der Waals surface area contributed by atoms with Crippen molar-refractivity contribution in [2.45, 2.75) is 25.9 Å². The van der Waals surface area contributed by atoms with Crippen molar-refractivity contribution in [1.82, 2.24) is 0 Å². The van der Waals surface area contributed by atoms with Crippen molar-refractivity contribution in [1.29, 1.82) is 0 Å². The van der Waals surface area contributed by atoms with Gasteiger partial charge in [-0.25, -0.2) is 4.79 Å². The molecule has 1 rings (SSSR count). The highest BCUT2D eigenvalue weighted by molar-refractivity contribution is 5.89. The summed E-state index contributed by atoms with van der Waals surface area (Å²) in [6, 6.07) is 8.84. The molecule has 0 radical (unpaired) electrons. The van der Waals surface area contributed by atoms with Crippen LogP contribution in [0.25, 0.3) is 0 Å². The van der Waals surface area contributed by atoms with Crippen LogP contribution < -0.4 is 0 Å². The van der Waals surface area contributed by atoms with E-state index in [0.717, 1.165) is 0 Å². The van der Waals surface area contributed by atoms with Crippen molar-refractivity contribution in [3.8, 4) is 0 Å². The Hall–Kier alpha value is -1.35. The number of hydrogen-bond acceptors (Lipinski definition) is 3. The maximum absolute atomic E-state index is 11.4. The molecule has 1 atom stereocenters. The van der Waals surface area contributed by atoms with Crippen molar-refractivity contribution >= 4 is 5.97 Å². The second-order valence-electron chi connectivity index (χ2n) is 3.35. The fourth-order valence-corrected chi connectivity index (χ4v) is 1.15. The van der Waals surface area contributed by atoms with Crippen LogP contribution in [-0.2, 0) is 4.74 Å². The maximum Gasteiger partial charge on any atom is 0.338 e. The van der Waals surface area contributed by atoms with Crippen LogP contribution in [0.3, 0.4) is 0 Å². The zero-order valence-corrected chi connectivity index (χ0v) is 8.85. The quantitative estimate of drug-likeness (QED) is 0.753. The van der Waals surface area contributed by atoms with Crippen LogP contribution in [-0.4, -0.2) is 23.8 Å². The molecule has 82 valence electrons. The molecule has 0 bridgehead atoms. The van der Waals surface area contributed by atoms with E-state index in [4.69, 9.17) is 4.74 Å². The van der Waals surface area contributed by atoms with E-state index < -0.39 is 0 Å². The van der Waals surface area contributed by atoms with E-state index in [1.54, 1.807) is 24.3 Å². The zero-order valence-electron chi connectivity index (χ0n) is 8.85. The number of benzene rings is 1. The monoisotopic (exact) mass is 208 g/mol. The van der Waals surface area contributed by atoms with E-state index in [-0.39, 0.29) is 18.7 Å². The third kappa shape index (κ3) is 4.13. The molecule has 0 saturated carbocycles. The van der Waals surface area contributed by atoms with Gasteiger partial charge in [-0.1, -0.05) is 25.1 Å². The van der Waals surface area contributed by atoms with Crippen LogP contribution in [0, 0.1) is 0 Å². The highest BCUT2D eigenvalue weighted by Crippen LogP contribution is 2.03. The van der Waals surface area contributed by atoms with E-state index in [1.807, 2.05) is 13.0 Å². The standard InChI is InChI=1S/C12H16O3/c1-2-11(13)8-9-15-12(14)10-6-4-3-5-7-10/h3-7,11,13H,2,8-9H2,1H3/t11-/m0/s1. The average Bonchev–Trinajstić information content (AvgIpc) is 2.29.